The maximum absolute atomic E-state index is 12.6. The minimum absolute atomic E-state index is 0.0423. The number of benzene rings is 1. The first-order chi connectivity index (χ1) is 10.8. The smallest absolute Gasteiger partial charge is 0.249 e. The molecule has 1 saturated heterocycles. The van der Waals surface area contributed by atoms with Crippen molar-refractivity contribution in [2.75, 3.05) is 26.2 Å². The van der Waals surface area contributed by atoms with E-state index in [9.17, 15) is 4.79 Å². The number of hydrogen-bond donors (Lipinski definition) is 1. The number of nitrogens with zero attached hydrogens (tertiary/aromatic N) is 5. The molecule has 0 radical (unpaired) electrons. The SMILES string of the molecule is CC(C(=O)N1CCCNCC1)n1nnc(-c2ccccc2)n1. The highest BCUT2D eigenvalue weighted by Crippen LogP contribution is 2.14. The van der Waals surface area contributed by atoms with Crippen LogP contribution in [0.3, 0.4) is 0 Å². The van der Waals surface area contributed by atoms with Crippen molar-refractivity contribution in [3.63, 3.8) is 0 Å². The van der Waals surface area contributed by atoms with Crippen LogP contribution in [0.2, 0.25) is 0 Å². The molecule has 3 rings (SSSR count). The molecule has 0 aliphatic carbocycles. The van der Waals surface area contributed by atoms with Crippen LogP contribution in [0.25, 0.3) is 11.4 Å². The Bertz CT molecular complexity index is 618. The van der Waals surface area contributed by atoms with Crippen LogP contribution in [-0.2, 0) is 4.79 Å². The first kappa shape index (κ1) is 14.6. The van der Waals surface area contributed by atoms with Gasteiger partial charge in [0.15, 0.2) is 0 Å². The van der Waals surface area contributed by atoms with Crippen molar-refractivity contribution in [1.82, 2.24) is 30.4 Å². The fourth-order valence-electron chi connectivity index (χ4n) is 2.52. The van der Waals surface area contributed by atoms with Crippen LogP contribution in [-0.4, -0.2) is 57.2 Å². The van der Waals surface area contributed by atoms with Crippen molar-refractivity contribution in [2.24, 2.45) is 0 Å². The fraction of sp³-hybridized carbons (Fsp3) is 0.467. The molecule has 1 aromatic carbocycles. The van der Waals surface area contributed by atoms with Crippen LogP contribution in [0.5, 0.6) is 0 Å². The maximum atomic E-state index is 12.6. The number of carbonyl (C=O) groups is 1. The molecule has 1 aromatic heterocycles. The molecule has 1 fully saturated rings. The van der Waals surface area contributed by atoms with E-state index in [1.807, 2.05) is 42.2 Å². The molecule has 0 bridgehead atoms. The van der Waals surface area contributed by atoms with E-state index in [0.29, 0.717) is 5.82 Å². The van der Waals surface area contributed by atoms with Crippen molar-refractivity contribution in [2.45, 2.75) is 19.4 Å². The monoisotopic (exact) mass is 300 g/mol. The molecular weight excluding hydrogens is 280 g/mol. The summed E-state index contributed by atoms with van der Waals surface area (Å²) in [6.07, 6.45) is 0.971. The second-order valence-corrected chi connectivity index (χ2v) is 5.40. The molecule has 1 atom stereocenters. The number of tetrazole rings is 1. The van der Waals surface area contributed by atoms with Crippen LogP contribution < -0.4 is 5.32 Å². The largest absolute Gasteiger partial charge is 0.339 e. The van der Waals surface area contributed by atoms with Gasteiger partial charge in [0.05, 0.1) is 0 Å². The lowest BCUT2D eigenvalue weighted by Gasteiger charge is -2.22. The molecule has 1 N–H and O–H groups in total. The highest BCUT2D eigenvalue weighted by atomic mass is 16.2. The number of aromatic nitrogens is 4. The fourth-order valence-corrected chi connectivity index (χ4v) is 2.52. The average Bonchev–Trinajstić information content (AvgIpc) is 2.90. The van der Waals surface area contributed by atoms with Gasteiger partial charge in [0.1, 0.15) is 6.04 Å². The zero-order valence-corrected chi connectivity index (χ0v) is 12.6. The molecule has 0 spiro atoms. The Hall–Kier alpha value is -2.28. The maximum Gasteiger partial charge on any atom is 0.249 e. The summed E-state index contributed by atoms with van der Waals surface area (Å²) in [6, 6.07) is 9.20. The van der Waals surface area contributed by atoms with Gasteiger partial charge in [0.25, 0.3) is 0 Å². The van der Waals surface area contributed by atoms with Crippen LogP contribution in [0.4, 0.5) is 0 Å². The van der Waals surface area contributed by atoms with Gasteiger partial charge >= 0.3 is 0 Å². The van der Waals surface area contributed by atoms with Crippen molar-refractivity contribution in [1.29, 1.82) is 0 Å². The van der Waals surface area contributed by atoms with Gasteiger partial charge in [0, 0.05) is 25.2 Å². The summed E-state index contributed by atoms with van der Waals surface area (Å²) >= 11 is 0. The highest BCUT2D eigenvalue weighted by molar-refractivity contribution is 5.79. The molecule has 1 amide bonds. The van der Waals surface area contributed by atoms with Gasteiger partial charge < -0.3 is 10.2 Å². The molecule has 0 saturated carbocycles. The Morgan fingerprint density at radius 3 is 2.86 bits per heavy atom. The van der Waals surface area contributed by atoms with E-state index < -0.39 is 6.04 Å². The van der Waals surface area contributed by atoms with Crippen LogP contribution in [0, 0.1) is 0 Å². The molecule has 2 aromatic rings. The van der Waals surface area contributed by atoms with Gasteiger partial charge in [-0.1, -0.05) is 30.3 Å². The van der Waals surface area contributed by atoms with Crippen LogP contribution in [0.1, 0.15) is 19.4 Å². The number of rotatable bonds is 3. The molecule has 1 unspecified atom stereocenters. The summed E-state index contributed by atoms with van der Waals surface area (Å²) in [5.74, 6) is 0.582. The lowest BCUT2D eigenvalue weighted by atomic mass is 10.2. The Balaban J connectivity index is 1.73. The third kappa shape index (κ3) is 3.14. The number of nitrogens with one attached hydrogen (secondary N) is 1. The van der Waals surface area contributed by atoms with E-state index in [4.69, 9.17) is 0 Å². The third-order valence-corrected chi connectivity index (χ3v) is 3.82. The Labute approximate surface area is 129 Å². The van der Waals surface area contributed by atoms with Crippen molar-refractivity contribution >= 4 is 5.91 Å². The summed E-state index contributed by atoms with van der Waals surface area (Å²) < 4.78 is 0. The standard InChI is InChI=1S/C15H20N6O/c1-12(15(22)20-10-5-8-16-9-11-20)21-18-14(17-19-21)13-6-3-2-4-7-13/h2-4,6-7,12,16H,5,8-11H2,1H3. The zero-order valence-electron chi connectivity index (χ0n) is 12.6. The molecule has 7 nitrogen and oxygen atoms in total. The minimum Gasteiger partial charge on any atom is -0.339 e. The molecule has 7 heteroatoms. The lowest BCUT2D eigenvalue weighted by molar-refractivity contribution is -0.134. The van der Waals surface area contributed by atoms with Gasteiger partial charge in [-0.3, -0.25) is 4.79 Å². The van der Waals surface area contributed by atoms with Gasteiger partial charge in [-0.25, -0.2) is 0 Å². The second-order valence-electron chi connectivity index (χ2n) is 5.40. The third-order valence-electron chi connectivity index (χ3n) is 3.82. The normalized spacial score (nSPS) is 17.0. The number of amides is 1. The van der Waals surface area contributed by atoms with Crippen LogP contribution >= 0.6 is 0 Å². The van der Waals surface area contributed by atoms with E-state index in [2.05, 4.69) is 20.7 Å². The first-order valence-corrected chi connectivity index (χ1v) is 7.60. The molecule has 1 aliphatic rings. The summed E-state index contributed by atoms with van der Waals surface area (Å²) in [5, 5.41) is 15.7. The summed E-state index contributed by atoms with van der Waals surface area (Å²) in [6.45, 7) is 5.10. The molecular formula is C15H20N6O. The quantitative estimate of drug-likeness (QED) is 0.904. The topological polar surface area (TPSA) is 75.9 Å². The van der Waals surface area contributed by atoms with E-state index in [1.165, 1.54) is 4.80 Å². The van der Waals surface area contributed by atoms with Crippen LogP contribution in [0.15, 0.2) is 30.3 Å². The summed E-state index contributed by atoms with van der Waals surface area (Å²) in [5.41, 5.74) is 0.896. The molecule has 116 valence electrons. The predicted octanol–water partition coefficient (Wildman–Crippen LogP) is 0.723. The Morgan fingerprint density at radius 2 is 2.05 bits per heavy atom. The van der Waals surface area contributed by atoms with Crippen molar-refractivity contribution in [3.05, 3.63) is 30.3 Å². The van der Waals surface area contributed by atoms with Gasteiger partial charge in [-0.2, -0.15) is 4.80 Å². The zero-order chi connectivity index (χ0) is 15.4. The van der Waals surface area contributed by atoms with E-state index >= 15 is 0 Å². The molecule has 2 heterocycles. The van der Waals surface area contributed by atoms with Gasteiger partial charge in [0.2, 0.25) is 11.7 Å². The summed E-state index contributed by atoms with van der Waals surface area (Å²) in [4.78, 5) is 15.8. The predicted molar refractivity (Wildman–Crippen MR) is 82.0 cm³/mol. The average molecular weight is 300 g/mol. The Kier molecular flexibility index (Phi) is 4.43. The minimum atomic E-state index is -0.442. The lowest BCUT2D eigenvalue weighted by Crippen LogP contribution is -2.39. The number of carbonyl (C=O) groups excluding carboxylic acids is 1. The Morgan fingerprint density at radius 1 is 1.23 bits per heavy atom. The summed E-state index contributed by atoms with van der Waals surface area (Å²) in [7, 11) is 0. The van der Waals surface area contributed by atoms with E-state index in [1.54, 1.807) is 0 Å². The molecule has 1 aliphatic heterocycles. The second kappa shape index (κ2) is 6.65. The van der Waals surface area contributed by atoms with Crippen molar-refractivity contribution < 1.29 is 4.79 Å². The van der Waals surface area contributed by atoms with Gasteiger partial charge in [-0.05, 0) is 25.1 Å². The number of hydrogen-bond acceptors (Lipinski definition) is 5. The first-order valence-electron chi connectivity index (χ1n) is 7.60. The molecule has 22 heavy (non-hydrogen) atoms. The highest BCUT2D eigenvalue weighted by Gasteiger charge is 2.24. The van der Waals surface area contributed by atoms with Gasteiger partial charge in [-0.15, -0.1) is 10.2 Å². The van der Waals surface area contributed by atoms with Crippen molar-refractivity contribution in [3.8, 4) is 11.4 Å². The van der Waals surface area contributed by atoms with E-state index in [-0.39, 0.29) is 5.91 Å². The van der Waals surface area contributed by atoms with E-state index in [0.717, 1.165) is 38.2 Å².